The van der Waals surface area contributed by atoms with Crippen molar-refractivity contribution in [3.05, 3.63) is 230 Å². The monoisotopic (exact) mass is 883 g/mol. The molecule has 8 aromatic carbocycles. The molecule has 0 aliphatic heterocycles. The van der Waals surface area contributed by atoms with Crippen molar-refractivity contribution in [2.75, 3.05) is 0 Å². The average Bonchev–Trinajstić information content (AvgIpc) is 3.90. The highest BCUT2D eigenvalue weighted by Gasteiger charge is 2.40. The molecule has 0 aliphatic carbocycles. The van der Waals surface area contributed by atoms with Crippen LogP contribution in [0.15, 0.2) is 219 Å². The molecule has 0 saturated carbocycles. The molecular formula is C60H36F3N5. The van der Waals surface area contributed by atoms with Crippen LogP contribution in [0.3, 0.4) is 0 Å². The van der Waals surface area contributed by atoms with Crippen LogP contribution in [0.1, 0.15) is 11.1 Å². The van der Waals surface area contributed by atoms with Gasteiger partial charge in [0.15, 0.2) is 0 Å². The Morgan fingerprint density at radius 2 is 0.882 bits per heavy atom. The zero-order valence-electron chi connectivity index (χ0n) is 36.2. The van der Waals surface area contributed by atoms with E-state index >= 15 is 13.2 Å². The predicted octanol–water partition coefficient (Wildman–Crippen LogP) is 15.9. The number of hydrogen-bond donors (Lipinski definition) is 0. The second-order valence-electron chi connectivity index (χ2n) is 16.8. The predicted molar refractivity (Wildman–Crippen MR) is 268 cm³/mol. The lowest BCUT2D eigenvalue weighted by molar-refractivity contribution is -0.137. The van der Waals surface area contributed by atoms with Crippen LogP contribution in [0.5, 0.6) is 0 Å². The maximum atomic E-state index is 16.7. The van der Waals surface area contributed by atoms with E-state index in [-0.39, 0.29) is 11.4 Å². The van der Waals surface area contributed by atoms with Gasteiger partial charge in [0.1, 0.15) is 5.56 Å². The van der Waals surface area contributed by atoms with E-state index in [0.717, 1.165) is 66.3 Å². The van der Waals surface area contributed by atoms with E-state index in [2.05, 4.69) is 6.07 Å². The van der Waals surface area contributed by atoms with Gasteiger partial charge in [-0.05, 0) is 83.4 Å². The lowest BCUT2D eigenvalue weighted by Crippen LogP contribution is -2.16. The summed E-state index contributed by atoms with van der Waals surface area (Å²) in [5.74, 6) is 0. The summed E-state index contributed by atoms with van der Waals surface area (Å²) in [7, 11) is 0. The third-order valence-electron chi connectivity index (χ3n) is 12.9. The van der Waals surface area contributed by atoms with Gasteiger partial charge in [-0.2, -0.15) is 18.4 Å². The summed E-state index contributed by atoms with van der Waals surface area (Å²) < 4.78 is 53.7. The lowest BCUT2D eigenvalue weighted by Gasteiger charge is -2.24. The molecule has 0 aliphatic rings. The summed E-state index contributed by atoms with van der Waals surface area (Å²) in [6.07, 6.45) is -1.19. The van der Waals surface area contributed by atoms with Crippen LogP contribution in [0, 0.1) is 11.3 Å². The van der Waals surface area contributed by atoms with Crippen molar-refractivity contribution in [1.29, 1.82) is 5.26 Å². The van der Waals surface area contributed by atoms with Crippen molar-refractivity contribution in [3.63, 3.8) is 0 Å². The van der Waals surface area contributed by atoms with E-state index in [9.17, 15) is 5.26 Å². The molecule has 0 amide bonds. The highest BCUT2D eigenvalue weighted by molar-refractivity contribution is 6.13. The van der Waals surface area contributed by atoms with Gasteiger partial charge in [0.05, 0.1) is 56.5 Å². The maximum Gasteiger partial charge on any atom is 0.420 e. The normalized spacial score (nSPS) is 11.7. The molecule has 68 heavy (non-hydrogen) atoms. The summed E-state index contributed by atoms with van der Waals surface area (Å²) in [5, 5.41) is 13.2. The molecule has 4 aromatic heterocycles. The van der Waals surface area contributed by atoms with Crippen LogP contribution < -0.4 is 0 Å². The van der Waals surface area contributed by atoms with Crippen LogP contribution in [0.4, 0.5) is 13.2 Å². The van der Waals surface area contributed by atoms with Crippen LogP contribution in [-0.4, -0.2) is 19.1 Å². The number of nitrogens with zero attached hydrogens (tertiary/aromatic N) is 5. The van der Waals surface area contributed by atoms with Gasteiger partial charge in [0.25, 0.3) is 0 Å². The molecule has 0 bridgehead atoms. The molecule has 0 N–H and O–H groups in total. The van der Waals surface area contributed by atoms with Gasteiger partial charge in [0.2, 0.25) is 0 Å². The number of aromatic nitrogens is 4. The topological polar surface area (TPSA) is 59.4 Å². The SMILES string of the molecule is N#Cc1cccc(-c2ccc(-n3c4ccccc4c4cc(-c5ccc(-c6ccccc6)nc5)ccc43)c(C(F)(F)F)c2-n2c3ccccc3c3cc(-c4ccc(-c5ccccc5)nc4)ccc32)c1. The Morgan fingerprint density at radius 3 is 1.41 bits per heavy atom. The first-order valence-corrected chi connectivity index (χ1v) is 22.2. The van der Waals surface area contributed by atoms with Crippen molar-refractivity contribution in [2.24, 2.45) is 0 Å². The van der Waals surface area contributed by atoms with Crippen LogP contribution in [0.25, 0.3) is 111 Å². The molecule has 5 nitrogen and oxygen atoms in total. The zero-order chi connectivity index (χ0) is 45.9. The van der Waals surface area contributed by atoms with E-state index in [1.807, 2.05) is 182 Å². The largest absolute Gasteiger partial charge is 0.420 e. The van der Waals surface area contributed by atoms with Gasteiger partial charge in [0, 0.05) is 61.8 Å². The van der Waals surface area contributed by atoms with E-state index in [0.29, 0.717) is 38.8 Å². The van der Waals surface area contributed by atoms with Gasteiger partial charge in [-0.25, -0.2) is 0 Å². The van der Waals surface area contributed by atoms with E-state index in [4.69, 9.17) is 9.97 Å². The summed E-state index contributed by atoms with van der Waals surface area (Å²) in [4.78, 5) is 9.53. The second-order valence-corrected chi connectivity index (χ2v) is 16.8. The molecular weight excluding hydrogens is 848 g/mol. The number of para-hydroxylation sites is 2. The van der Waals surface area contributed by atoms with Crippen molar-refractivity contribution < 1.29 is 13.2 Å². The molecule has 0 atom stereocenters. The highest BCUT2D eigenvalue weighted by atomic mass is 19.4. The molecule has 12 aromatic rings. The minimum Gasteiger partial charge on any atom is -0.309 e. The molecule has 4 heterocycles. The van der Waals surface area contributed by atoms with E-state index in [1.165, 1.54) is 0 Å². The van der Waals surface area contributed by atoms with Crippen molar-refractivity contribution in [2.45, 2.75) is 6.18 Å². The molecule has 8 heteroatoms. The fourth-order valence-corrected chi connectivity index (χ4v) is 9.76. The number of hydrogen-bond acceptors (Lipinski definition) is 3. The Morgan fingerprint density at radius 1 is 0.397 bits per heavy atom. The Bertz CT molecular complexity index is 3940. The summed E-state index contributed by atoms with van der Waals surface area (Å²) in [6.45, 7) is 0. The Hall–Kier alpha value is -9.06. The van der Waals surface area contributed by atoms with E-state index in [1.54, 1.807) is 45.5 Å². The first-order valence-electron chi connectivity index (χ1n) is 22.2. The van der Waals surface area contributed by atoms with E-state index < -0.39 is 11.7 Å². The van der Waals surface area contributed by atoms with Gasteiger partial charge in [-0.3, -0.25) is 9.97 Å². The average molecular weight is 884 g/mol. The number of alkyl halides is 3. The van der Waals surface area contributed by atoms with Crippen LogP contribution in [-0.2, 0) is 6.18 Å². The summed E-state index contributed by atoms with van der Waals surface area (Å²) in [5.41, 5.74) is 10.0. The number of fused-ring (bicyclic) bond motifs is 6. The van der Waals surface area contributed by atoms with Crippen LogP contribution >= 0.6 is 0 Å². The Labute approximate surface area is 388 Å². The molecule has 0 radical (unpaired) electrons. The number of benzene rings is 8. The first-order chi connectivity index (χ1) is 33.3. The molecule has 322 valence electrons. The number of rotatable bonds is 7. The summed E-state index contributed by atoms with van der Waals surface area (Å²) >= 11 is 0. The zero-order valence-corrected chi connectivity index (χ0v) is 36.2. The number of pyridine rings is 2. The second kappa shape index (κ2) is 16.1. The molecule has 0 spiro atoms. The van der Waals surface area contributed by atoms with Crippen molar-refractivity contribution >= 4 is 43.6 Å². The van der Waals surface area contributed by atoms with Gasteiger partial charge < -0.3 is 9.13 Å². The molecule has 0 saturated heterocycles. The quantitative estimate of drug-likeness (QED) is 0.160. The van der Waals surface area contributed by atoms with Gasteiger partial charge in [-0.1, -0.05) is 140 Å². The molecule has 0 unspecified atom stereocenters. The third kappa shape index (κ3) is 6.79. The minimum absolute atomic E-state index is 0.0207. The van der Waals surface area contributed by atoms with Gasteiger partial charge in [-0.15, -0.1) is 0 Å². The smallest absolute Gasteiger partial charge is 0.309 e. The number of nitriles is 1. The Balaban J connectivity index is 1.09. The fraction of sp³-hybridized carbons (Fsp3) is 0.0167. The molecule has 12 rings (SSSR count). The Kier molecular flexibility index (Phi) is 9.59. The minimum atomic E-state index is -4.86. The highest BCUT2D eigenvalue weighted by Crippen LogP contribution is 2.48. The van der Waals surface area contributed by atoms with Gasteiger partial charge >= 0.3 is 6.18 Å². The lowest BCUT2D eigenvalue weighted by atomic mass is 9.96. The summed E-state index contributed by atoms with van der Waals surface area (Å²) in [6, 6.07) is 67.2. The van der Waals surface area contributed by atoms with Crippen LogP contribution in [0.2, 0.25) is 0 Å². The fourth-order valence-electron chi connectivity index (χ4n) is 9.76. The van der Waals surface area contributed by atoms with Crippen molar-refractivity contribution in [3.8, 4) is 73.3 Å². The third-order valence-corrected chi connectivity index (χ3v) is 12.9. The van der Waals surface area contributed by atoms with Crippen molar-refractivity contribution in [1.82, 2.24) is 19.1 Å². The first kappa shape index (κ1) is 40.4. The maximum absolute atomic E-state index is 16.7. The molecule has 0 fully saturated rings. The standard InChI is InChI=1S/C60H36F3N5/c61-60(62,63)58-57(67-53-20-9-7-18-47(53)49-33-41(24-29-55(49)67)44-22-27-51(65-36-44)39-13-3-1-4-14-39)31-26-46(43-17-11-12-38(32-43)35-64)59(58)68-54-21-10-8-19-48(54)50-34-42(25-30-56(50)68)45-23-28-52(66-37-45)40-15-5-2-6-16-40/h1-34,36-37H. The number of halogens is 3.